The predicted molar refractivity (Wildman–Crippen MR) is 92.9 cm³/mol. The van der Waals surface area contributed by atoms with E-state index in [1.54, 1.807) is 0 Å². The van der Waals surface area contributed by atoms with Gasteiger partial charge < -0.3 is 15.4 Å². The Labute approximate surface area is 154 Å². The van der Waals surface area contributed by atoms with E-state index in [2.05, 4.69) is 10.6 Å². The second-order valence-electron chi connectivity index (χ2n) is 5.67. The maximum absolute atomic E-state index is 12.9. The first-order valence-electron chi connectivity index (χ1n) is 8.10. The van der Waals surface area contributed by atoms with Crippen LogP contribution >= 0.6 is 0 Å². The van der Waals surface area contributed by atoms with Gasteiger partial charge in [-0.2, -0.15) is 0 Å². The van der Waals surface area contributed by atoms with Crippen molar-refractivity contribution in [3.05, 3.63) is 71.3 Å². The standard InChI is InChI=1S/C19H18F2N2O4/c1-12(18(25)14-4-8-16(21)9-5-14)27-17(24)11-23-19(26)22-10-13-2-6-15(20)7-3-13/h2-9,12H,10-11H2,1H3,(H2,22,23,26)/t12-/m0/s1. The molecule has 2 aromatic carbocycles. The summed E-state index contributed by atoms with van der Waals surface area (Å²) in [6.07, 6.45) is -1.08. The fourth-order valence-electron chi connectivity index (χ4n) is 2.14. The van der Waals surface area contributed by atoms with Crippen molar-refractivity contribution in [3.63, 3.8) is 0 Å². The lowest BCUT2D eigenvalue weighted by atomic mass is 10.1. The lowest BCUT2D eigenvalue weighted by Crippen LogP contribution is -2.39. The molecule has 8 heteroatoms. The number of rotatable bonds is 7. The summed E-state index contributed by atoms with van der Waals surface area (Å²) < 4.78 is 30.6. The SMILES string of the molecule is C[C@H](OC(=O)CNC(=O)NCc1ccc(F)cc1)C(=O)c1ccc(F)cc1. The maximum Gasteiger partial charge on any atom is 0.326 e. The molecule has 0 aliphatic rings. The normalized spacial score (nSPS) is 11.4. The van der Waals surface area contributed by atoms with E-state index in [1.807, 2.05) is 0 Å². The molecule has 2 N–H and O–H groups in total. The smallest absolute Gasteiger partial charge is 0.326 e. The first kappa shape index (κ1) is 20.0. The predicted octanol–water partition coefficient (Wildman–Crippen LogP) is 2.58. The van der Waals surface area contributed by atoms with E-state index >= 15 is 0 Å². The second-order valence-corrected chi connectivity index (χ2v) is 5.67. The third-order valence-electron chi connectivity index (χ3n) is 3.57. The van der Waals surface area contributed by atoms with Crippen molar-refractivity contribution in [2.45, 2.75) is 19.6 Å². The molecular formula is C19H18F2N2O4. The number of ether oxygens (including phenoxy) is 1. The van der Waals surface area contributed by atoms with Gasteiger partial charge in [-0.25, -0.2) is 13.6 Å². The molecule has 0 aliphatic carbocycles. The number of hydrogen-bond acceptors (Lipinski definition) is 4. The van der Waals surface area contributed by atoms with Gasteiger partial charge in [0.15, 0.2) is 6.10 Å². The van der Waals surface area contributed by atoms with Gasteiger partial charge >= 0.3 is 12.0 Å². The zero-order valence-corrected chi connectivity index (χ0v) is 14.5. The summed E-state index contributed by atoms with van der Waals surface area (Å²) in [7, 11) is 0. The first-order chi connectivity index (χ1) is 12.8. The monoisotopic (exact) mass is 376 g/mol. The molecule has 0 heterocycles. The van der Waals surface area contributed by atoms with Gasteiger partial charge in [0.1, 0.15) is 18.2 Å². The van der Waals surface area contributed by atoms with Crippen LogP contribution in [-0.4, -0.2) is 30.4 Å². The minimum atomic E-state index is -1.08. The molecule has 0 spiro atoms. The van der Waals surface area contributed by atoms with E-state index in [0.29, 0.717) is 5.56 Å². The Balaban J connectivity index is 1.72. The van der Waals surface area contributed by atoms with Gasteiger partial charge in [0.05, 0.1) is 0 Å². The third-order valence-corrected chi connectivity index (χ3v) is 3.57. The summed E-state index contributed by atoms with van der Waals surface area (Å²) in [5, 5.41) is 4.79. The fourth-order valence-corrected chi connectivity index (χ4v) is 2.14. The summed E-state index contributed by atoms with van der Waals surface area (Å²) in [6, 6.07) is 9.82. The highest BCUT2D eigenvalue weighted by molar-refractivity contribution is 6.00. The summed E-state index contributed by atoms with van der Waals surface area (Å²) in [5.74, 6) is -2.14. The van der Waals surface area contributed by atoms with Crippen molar-refractivity contribution in [3.8, 4) is 0 Å². The van der Waals surface area contributed by atoms with Crippen molar-refractivity contribution in [1.29, 1.82) is 0 Å². The van der Waals surface area contributed by atoms with Gasteiger partial charge in [0, 0.05) is 12.1 Å². The maximum atomic E-state index is 12.9. The van der Waals surface area contributed by atoms with E-state index in [4.69, 9.17) is 4.74 Å². The van der Waals surface area contributed by atoms with Gasteiger partial charge in [-0.05, 0) is 48.9 Å². The molecule has 0 aliphatic heterocycles. The Morgan fingerprint density at radius 3 is 2.07 bits per heavy atom. The topological polar surface area (TPSA) is 84.5 Å². The van der Waals surface area contributed by atoms with Gasteiger partial charge in [0.25, 0.3) is 0 Å². The fraction of sp³-hybridized carbons (Fsp3) is 0.211. The van der Waals surface area contributed by atoms with Crippen molar-refractivity contribution in [2.24, 2.45) is 0 Å². The van der Waals surface area contributed by atoms with Crippen molar-refractivity contribution in [1.82, 2.24) is 10.6 Å². The second kappa shape index (κ2) is 9.42. The molecule has 0 aromatic heterocycles. The number of urea groups is 1. The van der Waals surface area contributed by atoms with Crippen molar-refractivity contribution >= 4 is 17.8 Å². The van der Waals surface area contributed by atoms with E-state index in [9.17, 15) is 23.2 Å². The molecule has 2 aromatic rings. The Morgan fingerprint density at radius 2 is 1.48 bits per heavy atom. The Bertz CT molecular complexity index is 807. The third kappa shape index (κ3) is 6.50. The van der Waals surface area contributed by atoms with Crippen LogP contribution in [0.3, 0.4) is 0 Å². The lowest BCUT2D eigenvalue weighted by Gasteiger charge is -2.13. The molecule has 1 atom stereocenters. The minimum Gasteiger partial charge on any atom is -0.453 e. The summed E-state index contributed by atoms with van der Waals surface area (Å²) in [5.41, 5.74) is 0.898. The number of esters is 1. The lowest BCUT2D eigenvalue weighted by molar-refractivity contribution is -0.144. The van der Waals surface area contributed by atoms with Crippen LogP contribution in [0.4, 0.5) is 13.6 Å². The van der Waals surface area contributed by atoms with E-state index < -0.39 is 36.2 Å². The number of halogens is 2. The Kier molecular flexibility index (Phi) is 6.99. The highest BCUT2D eigenvalue weighted by atomic mass is 19.1. The van der Waals surface area contributed by atoms with Crippen LogP contribution in [0.15, 0.2) is 48.5 Å². The Morgan fingerprint density at radius 1 is 0.926 bits per heavy atom. The van der Waals surface area contributed by atoms with Crippen LogP contribution in [-0.2, 0) is 16.1 Å². The quantitative estimate of drug-likeness (QED) is 0.575. The highest BCUT2D eigenvalue weighted by Crippen LogP contribution is 2.08. The zero-order valence-electron chi connectivity index (χ0n) is 14.5. The van der Waals surface area contributed by atoms with Gasteiger partial charge in [0.2, 0.25) is 5.78 Å². The Hall–Kier alpha value is -3.29. The number of nitrogens with one attached hydrogen (secondary N) is 2. The molecule has 0 unspecified atom stereocenters. The molecule has 2 rings (SSSR count). The molecule has 6 nitrogen and oxygen atoms in total. The van der Waals surface area contributed by atoms with Crippen LogP contribution < -0.4 is 10.6 Å². The first-order valence-corrected chi connectivity index (χ1v) is 8.10. The van der Waals surface area contributed by atoms with Crippen molar-refractivity contribution in [2.75, 3.05) is 6.54 Å². The molecular weight excluding hydrogens is 358 g/mol. The van der Waals surface area contributed by atoms with Crippen LogP contribution in [0.25, 0.3) is 0 Å². The molecule has 0 radical (unpaired) electrons. The number of Topliss-reactive ketones (excluding diaryl/α,β-unsaturated/α-hetero) is 1. The van der Waals surface area contributed by atoms with Crippen LogP contribution in [0, 0.1) is 11.6 Å². The number of carbonyl (C=O) groups excluding carboxylic acids is 3. The number of ketones is 1. The average molecular weight is 376 g/mol. The largest absolute Gasteiger partial charge is 0.453 e. The molecule has 142 valence electrons. The van der Waals surface area contributed by atoms with E-state index in [0.717, 1.165) is 12.1 Å². The van der Waals surface area contributed by atoms with Gasteiger partial charge in [-0.15, -0.1) is 0 Å². The molecule has 0 fully saturated rings. The highest BCUT2D eigenvalue weighted by Gasteiger charge is 2.19. The van der Waals surface area contributed by atoms with Crippen LogP contribution in [0.5, 0.6) is 0 Å². The number of carbonyl (C=O) groups is 3. The summed E-state index contributed by atoms with van der Waals surface area (Å²) >= 11 is 0. The molecule has 2 amide bonds. The van der Waals surface area contributed by atoms with Crippen LogP contribution in [0.1, 0.15) is 22.8 Å². The van der Waals surface area contributed by atoms with Gasteiger partial charge in [-0.1, -0.05) is 12.1 Å². The number of benzene rings is 2. The summed E-state index contributed by atoms with van der Waals surface area (Å²) in [4.78, 5) is 35.5. The minimum absolute atomic E-state index is 0.153. The average Bonchev–Trinajstić information content (AvgIpc) is 2.66. The van der Waals surface area contributed by atoms with Crippen LogP contribution in [0.2, 0.25) is 0 Å². The van der Waals surface area contributed by atoms with E-state index in [-0.39, 0.29) is 17.9 Å². The zero-order chi connectivity index (χ0) is 19.8. The van der Waals surface area contributed by atoms with Crippen molar-refractivity contribution < 1.29 is 27.9 Å². The van der Waals surface area contributed by atoms with Gasteiger partial charge in [-0.3, -0.25) is 9.59 Å². The number of amides is 2. The number of hydrogen-bond donors (Lipinski definition) is 2. The molecule has 27 heavy (non-hydrogen) atoms. The van der Waals surface area contributed by atoms with E-state index in [1.165, 1.54) is 43.3 Å². The molecule has 0 saturated heterocycles. The molecule has 0 saturated carbocycles. The molecule has 0 bridgehead atoms. The summed E-state index contributed by atoms with van der Waals surface area (Å²) in [6.45, 7) is 1.11.